The van der Waals surface area contributed by atoms with Crippen molar-refractivity contribution in [3.05, 3.63) is 0 Å². The van der Waals surface area contributed by atoms with Gasteiger partial charge < -0.3 is 15.5 Å². The smallest absolute Gasteiger partial charge is 0.319 e. The van der Waals surface area contributed by atoms with Crippen molar-refractivity contribution in [2.75, 3.05) is 32.7 Å². The Hall–Kier alpha value is -0.770. The number of carbonyl (C=O) groups excluding carboxylic acids is 1. The number of rotatable bonds is 4. The molecule has 1 saturated heterocycles. The molecule has 0 aromatic heterocycles. The lowest BCUT2D eigenvalue weighted by Crippen LogP contribution is -2.47. The molecule has 2 N–H and O–H groups in total. The van der Waals surface area contributed by atoms with E-state index in [2.05, 4.69) is 0 Å². The van der Waals surface area contributed by atoms with E-state index in [-0.39, 0.29) is 6.03 Å². The molecule has 4 heteroatoms. The molecule has 0 spiro atoms. The molecule has 0 aliphatic carbocycles. The molecule has 2 amide bonds. The maximum Gasteiger partial charge on any atom is 0.319 e. The first-order valence-corrected chi connectivity index (χ1v) is 6.46. The summed E-state index contributed by atoms with van der Waals surface area (Å²) in [7, 11) is 0. The zero-order valence-corrected chi connectivity index (χ0v) is 10.6. The molecule has 0 saturated carbocycles. The Morgan fingerprint density at radius 1 is 1.44 bits per heavy atom. The zero-order chi connectivity index (χ0) is 12.0. The van der Waals surface area contributed by atoms with Crippen molar-refractivity contribution < 1.29 is 4.79 Å². The largest absolute Gasteiger partial charge is 0.330 e. The van der Waals surface area contributed by atoms with E-state index in [0.717, 1.165) is 45.6 Å². The predicted molar refractivity (Wildman–Crippen MR) is 66.3 cm³/mol. The summed E-state index contributed by atoms with van der Waals surface area (Å²) in [6, 6.07) is 0.201. The highest BCUT2D eigenvalue weighted by atomic mass is 16.2. The molecule has 0 radical (unpaired) electrons. The van der Waals surface area contributed by atoms with Crippen molar-refractivity contribution in [2.45, 2.75) is 33.1 Å². The minimum atomic E-state index is 0.201. The summed E-state index contributed by atoms with van der Waals surface area (Å²) in [6.45, 7) is 8.20. The molecule has 0 aromatic rings. The lowest BCUT2D eigenvalue weighted by Gasteiger charge is -2.35. The van der Waals surface area contributed by atoms with Crippen LogP contribution < -0.4 is 5.73 Å². The fourth-order valence-corrected chi connectivity index (χ4v) is 2.40. The van der Waals surface area contributed by atoms with Crippen LogP contribution in [-0.4, -0.2) is 48.6 Å². The van der Waals surface area contributed by atoms with Gasteiger partial charge in [0.2, 0.25) is 0 Å². The Morgan fingerprint density at radius 2 is 2.12 bits per heavy atom. The van der Waals surface area contributed by atoms with Crippen molar-refractivity contribution in [3.63, 3.8) is 0 Å². The van der Waals surface area contributed by atoms with Crippen LogP contribution in [0.1, 0.15) is 33.1 Å². The van der Waals surface area contributed by atoms with Crippen molar-refractivity contribution >= 4 is 6.03 Å². The van der Waals surface area contributed by atoms with E-state index in [1.54, 1.807) is 0 Å². The number of hydrogen-bond acceptors (Lipinski definition) is 2. The quantitative estimate of drug-likeness (QED) is 0.791. The molecule has 1 atom stereocenters. The average molecular weight is 227 g/mol. The second-order valence-corrected chi connectivity index (χ2v) is 4.49. The monoisotopic (exact) mass is 227 g/mol. The second-order valence-electron chi connectivity index (χ2n) is 4.49. The Morgan fingerprint density at radius 3 is 2.69 bits per heavy atom. The summed E-state index contributed by atoms with van der Waals surface area (Å²) in [5.74, 6) is 0.610. The average Bonchev–Trinajstić information content (AvgIpc) is 2.31. The van der Waals surface area contributed by atoms with Crippen LogP contribution in [0, 0.1) is 5.92 Å². The van der Waals surface area contributed by atoms with Crippen molar-refractivity contribution in [1.29, 1.82) is 0 Å². The number of urea groups is 1. The summed E-state index contributed by atoms with van der Waals surface area (Å²) >= 11 is 0. The van der Waals surface area contributed by atoms with Crippen LogP contribution in [0.25, 0.3) is 0 Å². The molecule has 4 nitrogen and oxygen atoms in total. The minimum Gasteiger partial charge on any atom is -0.330 e. The molecule has 1 heterocycles. The van der Waals surface area contributed by atoms with Gasteiger partial charge in [0.25, 0.3) is 0 Å². The lowest BCUT2D eigenvalue weighted by atomic mass is 9.95. The van der Waals surface area contributed by atoms with Crippen LogP contribution >= 0.6 is 0 Å². The van der Waals surface area contributed by atoms with Gasteiger partial charge in [-0.15, -0.1) is 0 Å². The number of piperidine rings is 1. The fraction of sp³-hybridized carbons (Fsp3) is 0.917. The molecule has 16 heavy (non-hydrogen) atoms. The van der Waals surface area contributed by atoms with Crippen molar-refractivity contribution in [1.82, 2.24) is 9.80 Å². The molecular weight excluding hydrogens is 202 g/mol. The van der Waals surface area contributed by atoms with Crippen LogP contribution in [0.2, 0.25) is 0 Å². The Kier molecular flexibility index (Phi) is 5.60. The normalized spacial score (nSPS) is 20.9. The minimum absolute atomic E-state index is 0.201. The summed E-state index contributed by atoms with van der Waals surface area (Å²) in [4.78, 5) is 16.0. The van der Waals surface area contributed by atoms with E-state index >= 15 is 0 Å². The van der Waals surface area contributed by atoms with E-state index in [1.807, 2.05) is 23.6 Å². The molecule has 94 valence electrons. The predicted octanol–water partition coefficient (Wildman–Crippen LogP) is 1.51. The summed E-state index contributed by atoms with van der Waals surface area (Å²) in [5.41, 5.74) is 5.58. The van der Waals surface area contributed by atoms with Crippen LogP contribution in [0.5, 0.6) is 0 Å². The molecule has 1 rings (SSSR count). The Bertz CT molecular complexity index is 214. The molecular formula is C12H25N3O. The summed E-state index contributed by atoms with van der Waals surface area (Å²) < 4.78 is 0. The number of likely N-dealkylation sites (tertiary alicyclic amines) is 1. The molecule has 1 aliphatic heterocycles. The van der Waals surface area contributed by atoms with Crippen LogP contribution in [-0.2, 0) is 0 Å². The number of hydrogen-bond donors (Lipinski definition) is 1. The van der Waals surface area contributed by atoms with Gasteiger partial charge in [-0.1, -0.05) is 0 Å². The number of carbonyl (C=O) groups is 1. The van der Waals surface area contributed by atoms with Crippen LogP contribution in [0.3, 0.4) is 0 Å². The van der Waals surface area contributed by atoms with Gasteiger partial charge in [-0.2, -0.15) is 0 Å². The van der Waals surface area contributed by atoms with E-state index in [9.17, 15) is 4.79 Å². The Balaban J connectivity index is 2.49. The van der Waals surface area contributed by atoms with Gasteiger partial charge in [0.15, 0.2) is 0 Å². The third-order valence-electron chi connectivity index (χ3n) is 3.40. The first-order valence-electron chi connectivity index (χ1n) is 6.46. The SMILES string of the molecule is CCN(CC)C(=O)N1CCCC(CCN)C1. The van der Waals surface area contributed by atoms with Crippen molar-refractivity contribution in [2.24, 2.45) is 11.7 Å². The third-order valence-corrected chi connectivity index (χ3v) is 3.40. The van der Waals surface area contributed by atoms with Gasteiger partial charge in [0.05, 0.1) is 0 Å². The number of nitrogens with zero attached hydrogens (tertiary/aromatic N) is 2. The van der Waals surface area contributed by atoms with E-state index < -0.39 is 0 Å². The van der Waals surface area contributed by atoms with Gasteiger partial charge in [-0.3, -0.25) is 0 Å². The van der Waals surface area contributed by atoms with E-state index in [1.165, 1.54) is 6.42 Å². The topological polar surface area (TPSA) is 49.6 Å². The standard InChI is InChI=1S/C12H25N3O/c1-3-14(4-2)12(16)15-9-5-6-11(10-15)7-8-13/h11H,3-10,13H2,1-2H3. The number of nitrogens with two attached hydrogens (primary N) is 1. The van der Waals surface area contributed by atoms with Crippen LogP contribution in [0.4, 0.5) is 4.79 Å². The maximum absolute atomic E-state index is 12.1. The van der Waals surface area contributed by atoms with Crippen LogP contribution in [0.15, 0.2) is 0 Å². The molecule has 1 aliphatic rings. The summed E-state index contributed by atoms with van der Waals surface area (Å²) in [6.07, 6.45) is 3.39. The Labute approximate surface area is 98.8 Å². The molecule has 0 aromatic carbocycles. The van der Waals surface area contributed by atoms with Gasteiger partial charge in [-0.05, 0) is 45.6 Å². The fourth-order valence-electron chi connectivity index (χ4n) is 2.40. The molecule has 1 fully saturated rings. The highest BCUT2D eigenvalue weighted by Gasteiger charge is 2.25. The first-order chi connectivity index (χ1) is 7.72. The third kappa shape index (κ3) is 3.37. The van der Waals surface area contributed by atoms with Crippen molar-refractivity contribution in [3.8, 4) is 0 Å². The van der Waals surface area contributed by atoms with Gasteiger partial charge in [-0.25, -0.2) is 4.79 Å². The highest BCUT2D eigenvalue weighted by Crippen LogP contribution is 2.19. The van der Waals surface area contributed by atoms with Gasteiger partial charge in [0, 0.05) is 26.2 Å². The second kappa shape index (κ2) is 6.74. The van der Waals surface area contributed by atoms with Gasteiger partial charge in [0.1, 0.15) is 0 Å². The number of amides is 2. The first kappa shape index (κ1) is 13.3. The summed E-state index contributed by atoms with van der Waals surface area (Å²) in [5, 5.41) is 0. The van der Waals surface area contributed by atoms with Gasteiger partial charge >= 0.3 is 6.03 Å². The molecule has 1 unspecified atom stereocenters. The maximum atomic E-state index is 12.1. The molecule has 0 bridgehead atoms. The zero-order valence-electron chi connectivity index (χ0n) is 10.6. The van der Waals surface area contributed by atoms with E-state index in [0.29, 0.717) is 5.92 Å². The van der Waals surface area contributed by atoms with E-state index in [4.69, 9.17) is 5.73 Å². The highest BCUT2D eigenvalue weighted by molar-refractivity contribution is 5.74. The lowest BCUT2D eigenvalue weighted by molar-refractivity contribution is 0.130.